The highest BCUT2D eigenvalue weighted by Gasteiger charge is 2.51. The standard InChI is InChI=1S/C13H18BBrO2.C7H8BBrO2/c1-12(2)13(3,4)17-14(16-12)11-7-5-6-10(8-11)9-15;9-5-6-2-1-3-7(4-6)8(10)11/h5-8H,9H2,1-4H3;1-4,10-11H,5H2. The van der Waals surface area contributed by atoms with E-state index in [1.54, 1.807) is 18.2 Å². The summed E-state index contributed by atoms with van der Waals surface area (Å²) in [5.41, 5.74) is 3.33. The van der Waals surface area contributed by atoms with Gasteiger partial charge in [-0.1, -0.05) is 80.4 Å². The van der Waals surface area contributed by atoms with Crippen LogP contribution in [0.1, 0.15) is 38.8 Å². The van der Waals surface area contributed by atoms with Gasteiger partial charge >= 0.3 is 14.2 Å². The van der Waals surface area contributed by atoms with Crippen molar-refractivity contribution >= 4 is 57.0 Å². The highest BCUT2D eigenvalue weighted by atomic mass is 79.9. The van der Waals surface area contributed by atoms with E-state index >= 15 is 0 Å². The quantitative estimate of drug-likeness (QED) is 0.489. The van der Waals surface area contributed by atoms with Gasteiger partial charge in [-0.25, -0.2) is 0 Å². The second kappa shape index (κ2) is 9.92. The van der Waals surface area contributed by atoms with E-state index in [4.69, 9.17) is 19.4 Å². The summed E-state index contributed by atoms with van der Waals surface area (Å²) in [5, 5.41) is 19.1. The molecule has 8 heteroatoms. The molecule has 0 radical (unpaired) electrons. The summed E-state index contributed by atoms with van der Waals surface area (Å²) in [4.78, 5) is 0. The third-order valence-electron chi connectivity index (χ3n) is 5.03. The molecule has 1 aliphatic heterocycles. The molecule has 0 amide bonds. The first-order valence-electron chi connectivity index (χ1n) is 9.11. The zero-order valence-electron chi connectivity index (χ0n) is 16.7. The van der Waals surface area contributed by atoms with Crippen molar-refractivity contribution in [1.82, 2.24) is 0 Å². The van der Waals surface area contributed by atoms with Gasteiger partial charge in [-0.15, -0.1) is 0 Å². The molecule has 28 heavy (non-hydrogen) atoms. The molecule has 2 N–H and O–H groups in total. The third kappa shape index (κ3) is 5.94. The maximum Gasteiger partial charge on any atom is 0.494 e. The Labute approximate surface area is 185 Å². The Morgan fingerprint density at radius 2 is 1.36 bits per heavy atom. The Morgan fingerprint density at radius 1 is 0.857 bits per heavy atom. The molecule has 3 rings (SSSR count). The van der Waals surface area contributed by atoms with E-state index in [1.807, 2.05) is 18.2 Å². The van der Waals surface area contributed by atoms with Gasteiger partial charge in [0.15, 0.2) is 0 Å². The van der Waals surface area contributed by atoms with E-state index in [1.165, 1.54) is 5.56 Å². The number of benzene rings is 2. The van der Waals surface area contributed by atoms with Gasteiger partial charge in [0, 0.05) is 10.7 Å². The minimum atomic E-state index is -1.37. The lowest BCUT2D eigenvalue weighted by Crippen LogP contribution is -2.41. The highest BCUT2D eigenvalue weighted by Crippen LogP contribution is 2.36. The van der Waals surface area contributed by atoms with Gasteiger partial charge in [0.1, 0.15) is 0 Å². The van der Waals surface area contributed by atoms with Crippen LogP contribution in [0.2, 0.25) is 0 Å². The van der Waals surface area contributed by atoms with Crippen LogP contribution in [0.3, 0.4) is 0 Å². The molecule has 0 atom stereocenters. The molecule has 0 bridgehead atoms. The minimum absolute atomic E-state index is 0.265. The molecular weight excluding hydrogens is 486 g/mol. The van der Waals surface area contributed by atoms with E-state index in [0.717, 1.165) is 21.7 Å². The smallest absolute Gasteiger partial charge is 0.423 e. The number of rotatable bonds is 4. The van der Waals surface area contributed by atoms with Crippen LogP contribution < -0.4 is 10.9 Å². The SMILES string of the molecule is CC1(C)OB(c2cccc(CBr)c2)OC1(C)C.OB(O)c1cccc(CBr)c1. The maximum atomic E-state index is 8.78. The summed E-state index contributed by atoms with van der Waals surface area (Å²) in [6.45, 7) is 8.28. The van der Waals surface area contributed by atoms with Crippen molar-refractivity contribution in [3.05, 3.63) is 59.7 Å². The topological polar surface area (TPSA) is 58.9 Å². The van der Waals surface area contributed by atoms with Crippen molar-refractivity contribution < 1.29 is 19.4 Å². The predicted molar refractivity (Wildman–Crippen MR) is 124 cm³/mol. The van der Waals surface area contributed by atoms with Crippen molar-refractivity contribution in [1.29, 1.82) is 0 Å². The molecule has 0 saturated carbocycles. The third-order valence-corrected chi connectivity index (χ3v) is 6.33. The number of hydrogen-bond acceptors (Lipinski definition) is 4. The van der Waals surface area contributed by atoms with E-state index in [-0.39, 0.29) is 18.3 Å². The summed E-state index contributed by atoms with van der Waals surface area (Å²) >= 11 is 6.74. The minimum Gasteiger partial charge on any atom is -0.423 e. The average molecular weight is 512 g/mol. The lowest BCUT2D eigenvalue weighted by Gasteiger charge is -2.32. The summed E-state index contributed by atoms with van der Waals surface area (Å²) in [6.07, 6.45) is 0. The zero-order valence-corrected chi connectivity index (χ0v) is 19.8. The first-order chi connectivity index (χ1) is 13.1. The van der Waals surface area contributed by atoms with Gasteiger partial charge in [0.05, 0.1) is 11.2 Å². The van der Waals surface area contributed by atoms with Gasteiger partial charge in [-0.2, -0.15) is 0 Å². The number of alkyl halides is 2. The van der Waals surface area contributed by atoms with Gasteiger partial charge in [0.25, 0.3) is 0 Å². The fraction of sp³-hybridized carbons (Fsp3) is 0.400. The molecule has 1 saturated heterocycles. The fourth-order valence-corrected chi connectivity index (χ4v) is 3.34. The Balaban J connectivity index is 0.000000221. The average Bonchev–Trinajstić information content (AvgIpc) is 2.89. The van der Waals surface area contributed by atoms with Crippen molar-refractivity contribution in [2.45, 2.75) is 49.6 Å². The molecular formula is C20H26B2Br2O4. The lowest BCUT2D eigenvalue weighted by atomic mass is 9.78. The van der Waals surface area contributed by atoms with Crippen molar-refractivity contribution in [3.8, 4) is 0 Å². The summed E-state index contributed by atoms with van der Waals surface area (Å²) < 4.78 is 12.0. The van der Waals surface area contributed by atoms with Gasteiger partial charge in [-0.05, 0) is 49.7 Å². The summed E-state index contributed by atoms with van der Waals surface area (Å²) in [6, 6.07) is 15.4. The monoisotopic (exact) mass is 510 g/mol. The second-order valence-electron chi connectivity index (χ2n) is 7.72. The normalized spacial score (nSPS) is 17.1. The summed E-state index contributed by atoms with van der Waals surface area (Å²) in [5.74, 6) is 0. The molecule has 150 valence electrons. The van der Waals surface area contributed by atoms with Crippen molar-refractivity contribution in [2.75, 3.05) is 0 Å². The molecule has 2 aromatic rings. The fourth-order valence-electron chi connectivity index (χ4n) is 2.64. The van der Waals surface area contributed by atoms with Gasteiger partial charge < -0.3 is 19.4 Å². The first-order valence-corrected chi connectivity index (χ1v) is 11.4. The van der Waals surface area contributed by atoms with Crippen LogP contribution in [0.5, 0.6) is 0 Å². The largest absolute Gasteiger partial charge is 0.494 e. The van der Waals surface area contributed by atoms with Gasteiger partial charge in [0.2, 0.25) is 0 Å². The molecule has 0 aromatic heterocycles. The summed E-state index contributed by atoms with van der Waals surface area (Å²) in [7, 11) is -1.63. The van der Waals surface area contributed by atoms with Crippen LogP contribution in [0.4, 0.5) is 0 Å². The Morgan fingerprint density at radius 3 is 1.86 bits per heavy atom. The van der Waals surface area contributed by atoms with E-state index in [9.17, 15) is 0 Å². The van der Waals surface area contributed by atoms with Gasteiger partial charge in [-0.3, -0.25) is 0 Å². The zero-order chi connectivity index (χ0) is 20.9. The van der Waals surface area contributed by atoms with Crippen LogP contribution in [0, 0.1) is 0 Å². The van der Waals surface area contributed by atoms with Crippen molar-refractivity contribution in [2.24, 2.45) is 0 Å². The van der Waals surface area contributed by atoms with E-state index < -0.39 is 7.12 Å². The molecule has 4 nitrogen and oxygen atoms in total. The molecule has 2 aromatic carbocycles. The van der Waals surface area contributed by atoms with E-state index in [2.05, 4.69) is 71.7 Å². The Kier molecular flexibility index (Phi) is 8.38. The van der Waals surface area contributed by atoms with Crippen LogP contribution in [0.15, 0.2) is 48.5 Å². The molecule has 0 spiro atoms. The van der Waals surface area contributed by atoms with Crippen LogP contribution in [-0.2, 0) is 20.0 Å². The van der Waals surface area contributed by atoms with Crippen LogP contribution >= 0.6 is 31.9 Å². The van der Waals surface area contributed by atoms with Crippen molar-refractivity contribution in [3.63, 3.8) is 0 Å². The number of halogens is 2. The predicted octanol–water partition coefficient (Wildman–Crippen LogP) is 3.14. The lowest BCUT2D eigenvalue weighted by molar-refractivity contribution is 0.00578. The second-order valence-corrected chi connectivity index (χ2v) is 8.84. The molecule has 1 fully saturated rings. The molecule has 1 aliphatic rings. The highest BCUT2D eigenvalue weighted by molar-refractivity contribution is 9.08. The first kappa shape index (κ1) is 23.6. The van der Waals surface area contributed by atoms with Crippen LogP contribution in [0.25, 0.3) is 0 Å². The number of hydrogen-bond donors (Lipinski definition) is 2. The molecule has 0 unspecified atom stereocenters. The molecule has 1 heterocycles. The molecule has 0 aliphatic carbocycles. The van der Waals surface area contributed by atoms with Crippen LogP contribution in [-0.4, -0.2) is 35.5 Å². The van der Waals surface area contributed by atoms with E-state index in [0.29, 0.717) is 5.46 Å². The Bertz CT molecular complexity index is 768. The Hall–Kier alpha value is -0.630. The maximum absolute atomic E-state index is 8.78.